The number of nitrogens with zero attached hydrogens (tertiary/aromatic N) is 6. The maximum Gasteiger partial charge on any atom is 0.156 e. The van der Waals surface area contributed by atoms with E-state index in [9.17, 15) is 0 Å². The summed E-state index contributed by atoms with van der Waals surface area (Å²) < 4.78 is 9.48. The van der Waals surface area contributed by atoms with Crippen molar-refractivity contribution in [1.29, 1.82) is 0 Å². The summed E-state index contributed by atoms with van der Waals surface area (Å²) in [6, 6.07) is 14.5. The molecule has 8 heteroatoms. The van der Waals surface area contributed by atoms with E-state index >= 15 is 0 Å². The van der Waals surface area contributed by atoms with E-state index in [1.165, 1.54) is 16.8 Å². The molecule has 7 nitrogen and oxygen atoms in total. The number of anilines is 1. The normalized spacial score (nSPS) is 15.4. The van der Waals surface area contributed by atoms with Crippen LogP contribution in [0.4, 0.5) is 5.69 Å². The second-order valence-corrected chi connectivity index (χ2v) is 9.29. The SMILES string of the molecule is BrCCn1cc(C2=Cc3nc(-n4ccc(-c5ccccc5)n4)cc(N4CCOCC4)c3C2)cn1. The van der Waals surface area contributed by atoms with Crippen LogP contribution in [0.2, 0.25) is 0 Å². The van der Waals surface area contributed by atoms with Crippen LogP contribution in [0.5, 0.6) is 0 Å². The van der Waals surface area contributed by atoms with Crippen molar-refractivity contribution in [2.45, 2.75) is 13.0 Å². The number of ether oxygens (including phenoxy) is 1. The summed E-state index contributed by atoms with van der Waals surface area (Å²) in [4.78, 5) is 7.45. The van der Waals surface area contributed by atoms with Gasteiger partial charge in [0.1, 0.15) is 0 Å². The first-order valence-electron chi connectivity index (χ1n) is 11.6. The smallest absolute Gasteiger partial charge is 0.156 e. The first-order chi connectivity index (χ1) is 16.8. The van der Waals surface area contributed by atoms with Crippen LogP contribution in [0.1, 0.15) is 16.8 Å². The van der Waals surface area contributed by atoms with E-state index in [1.54, 1.807) is 0 Å². The van der Waals surface area contributed by atoms with E-state index in [0.29, 0.717) is 0 Å². The fourth-order valence-corrected chi connectivity index (χ4v) is 4.98. The van der Waals surface area contributed by atoms with Crippen molar-refractivity contribution in [3.05, 3.63) is 77.9 Å². The van der Waals surface area contributed by atoms with Gasteiger partial charge in [-0.3, -0.25) is 4.68 Å². The molecular formula is C26H25BrN6O. The highest BCUT2D eigenvalue weighted by atomic mass is 79.9. The first-order valence-corrected chi connectivity index (χ1v) is 12.7. The number of pyridine rings is 1. The van der Waals surface area contributed by atoms with Gasteiger partial charge in [-0.05, 0) is 17.7 Å². The molecule has 4 aromatic rings. The van der Waals surface area contributed by atoms with Crippen LogP contribution >= 0.6 is 15.9 Å². The van der Waals surface area contributed by atoms with Crippen molar-refractivity contribution >= 4 is 33.3 Å². The monoisotopic (exact) mass is 516 g/mol. The summed E-state index contributed by atoms with van der Waals surface area (Å²) in [5.74, 6) is 0.829. The summed E-state index contributed by atoms with van der Waals surface area (Å²) in [6.45, 7) is 4.09. The van der Waals surface area contributed by atoms with Crippen LogP contribution < -0.4 is 4.90 Å². The molecule has 0 N–H and O–H groups in total. The molecule has 1 aliphatic heterocycles. The second kappa shape index (κ2) is 9.19. The number of halogens is 1. The molecule has 1 fully saturated rings. The van der Waals surface area contributed by atoms with E-state index < -0.39 is 0 Å². The Morgan fingerprint density at radius 3 is 2.71 bits per heavy atom. The van der Waals surface area contributed by atoms with Gasteiger partial charge < -0.3 is 9.64 Å². The standard InChI is InChI=1S/C26H25BrN6O/c27-7-9-32-18-21(17-28-32)20-14-22-24(15-20)29-26(16-25(22)31-10-12-34-13-11-31)33-8-6-23(30-33)19-4-2-1-3-5-19/h1-6,8,15-18H,7,9-14H2. The molecule has 4 heterocycles. The van der Waals surface area contributed by atoms with Crippen LogP contribution in [-0.2, 0) is 17.7 Å². The minimum absolute atomic E-state index is 0.742. The van der Waals surface area contributed by atoms with Crippen LogP contribution in [0.3, 0.4) is 0 Å². The maximum absolute atomic E-state index is 5.62. The lowest BCUT2D eigenvalue weighted by Crippen LogP contribution is -2.37. The third kappa shape index (κ3) is 4.08. The zero-order valence-corrected chi connectivity index (χ0v) is 20.4. The van der Waals surface area contributed by atoms with Crippen molar-refractivity contribution in [2.75, 3.05) is 36.5 Å². The molecule has 1 aromatic carbocycles. The average molecular weight is 517 g/mol. The Morgan fingerprint density at radius 2 is 1.88 bits per heavy atom. The lowest BCUT2D eigenvalue weighted by molar-refractivity contribution is 0.122. The summed E-state index contributed by atoms with van der Waals surface area (Å²) in [5.41, 5.74) is 7.94. The Bertz CT molecular complexity index is 1340. The van der Waals surface area contributed by atoms with Crippen molar-refractivity contribution in [3.63, 3.8) is 0 Å². The first kappa shape index (κ1) is 21.3. The highest BCUT2D eigenvalue weighted by Crippen LogP contribution is 2.38. The largest absolute Gasteiger partial charge is 0.378 e. The van der Waals surface area contributed by atoms with Crippen LogP contribution in [0.15, 0.2) is 61.1 Å². The zero-order chi connectivity index (χ0) is 22.9. The molecule has 0 amide bonds. The van der Waals surface area contributed by atoms with Crippen LogP contribution in [-0.4, -0.2) is 56.2 Å². The van der Waals surface area contributed by atoms with Gasteiger partial charge in [-0.15, -0.1) is 0 Å². The molecule has 0 atom stereocenters. The lowest BCUT2D eigenvalue weighted by atomic mass is 10.1. The minimum Gasteiger partial charge on any atom is -0.378 e. The van der Waals surface area contributed by atoms with Gasteiger partial charge in [0.05, 0.1) is 37.3 Å². The van der Waals surface area contributed by atoms with Crippen molar-refractivity contribution in [3.8, 4) is 17.1 Å². The van der Waals surface area contributed by atoms with E-state index in [4.69, 9.17) is 14.8 Å². The molecule has 0 spiro atoms. The molecule has 0 radical (unpaired) electrons. The number of allylic oxidation sites excluding steroid dienone is 1. The highest BCUT2D eigenvalue weighted by molar-refractivity contribution is 9.09. The molecule has 34 heavy (non-hydrogen) atoms. The minimum atomic E-state index is 0.742. The number of rotatable bonds is 6. The van der Waals surface area contributed by atoms with Crippen molar-refractivity contribution in [1.82, 2.24) is 24.5 Å². The number of fused-ring (bicyclic) bond motifs is 1. The van der Waals surface area contributed by atoms with Gasteiger partial charge >= 0.3 is 0 Å². The Labute approximate surface area is 206 Å². The number of hydrogen-bond donors (Lipinski definition) is 0. The predicted octanol–water partition coefficient (Wildman–Crippen LogP) is 4.46. The van der Waals surface area contributed by atoms with Gasteiger partial charge in [-0.2, -0.15) is 10.2 Å². The lowest BCUT2D eigenvalue weighted by Gasteiger charge is -2.31. The van der Waals surface area contributed by atoms with E-state index in [-0.39, 0.29) is 0 Å². The summed E-state index contributed by atoms with van der Waals surface area (Å²) in [6.07, 6.45) is 9.12. The molecule has 1 aliphatic carbocycles. The van der Waals surface area contributed by atoms with Crippen LogP contribution in [0, 0.1) is 0 Å². The summed E-state index contributed by atoms with van der Waals surface area (Å²) >= 11 is 3.49. The Morgan fingerprint density at radius 1 is 1.03 bits per heavy atom. The molecule has 172 valence electrons. The molecule has 0 unspecified atom stereocenters. The zero-order valence-electron chi connectivity index (χ0n) is 18.8. The van der Waals surface area contributed by atoms with Crippen molar-refractivity contribution in [2.24, 2.45) is 0 Å². The fourth-order valence-electron chi connectivity index (χ4n) is 4.61. The number of hydrogen-bond acceptors (Lipinski definition) is 5. The van der Waals surface area contributed by atoms with E-state index in [0.717, 1.165) is 72.9 Å². The average Bonchev–Trinajstić information content (AvgIpc) is 3.64. The highest BCUT2D eigenvalue weighted by Gasteiger charge is 2.25. The van der Waals surface area contributed by atoms with Gasteiger partial charge in [0, 0.05) is 65.7 Å². The van der Waals surface area contributed by atoms with Gasteiger partial charge in [-0.1, -0.05) is 46.3 Å². The molecule has 1 saturated heterocycles. The maximum atomic E-state index is 5.62. The number of aromatic nitrogens is 5. The quantitative estimate of drug-likeness (QED) is 0.354. The third-order valence-corrected chi connectivity index (χ3v) is 6.71. The van der Waals surface area contributed by atoms with Gasteiger partial charge in [-0.25, -0.2) is 9.67 Å². The summed E-state index contributed by atoms with van der Waals surface area (Å²) in [7, 11) is 0. The van der Waals surface area contributed by atoms with Gasteiger partial charge in [0.15, 0.2) is 5.82 Å². The van der Waals surface area contributed by atoms with Crippen molar-refractivity contribution < 1.29 is 4.74 Å². The van der Waals surface area contributed by atoms with Crippen LogP contribution in [0.25, 0.3) is 28.7 Å². The molecule has 0 saturated carbocycles. The number of alkyl halides is 1. The molecular weight excluding hydrogens is 492 g/mol. The predicted molar refractivity (Wildman–Crippen MR) is 137 cm³/mol. The van der Waals surface area contributed by atoms with E-state index in [2.05, 4.69) is 56.4 Å². The Balaban J connectivity index is 1.39. The van der Waals surface area contributed by atoms with E-state index in [1.807, 2.05) is 46.0 Å². The topological polar surface area (TPSA) is 61.0 Å². The number of benzene rings is 1. The van der Waals surface area contributed by atoms with Gasteiger partial charge in [0.2, 0.25) is 0 Å². The molecule has 0 bridgehead atoms. The summed E-state index contributed by atoms with van der Waals surface area (Å²) in [5, 5.41) is 10.2. The van der Waals surface area contributed by atoms with Gasteiger partial charge in [0.25, 0.3) is 0 Å². The Kier molecular flexibility index (Phi) is 5.76. The molecule has 2 aliphatic rings. The number of aryl methyl sites for hydroxylation is 1. The second-order valence-electron chi connectivity index (χ2n) is 8.50. The molecule has 6 rings (SSSR count). The molecule has 3 aromatic heterocycles. The Hall–Kier alpha value is -3.23. The third-order valence-electron chi connectivity index (χ3n) is 6.36. The fraction of sp³-hybridized carbons (Fsp3) is 0.269. The number of morpholine rings is 1.